The van der Waals surface area contributed by atoms with E-state index in [0.717, 1.165) is 33.8 Å². The fraction of sp³-hybridized carbons (Fsp3) is 0.192. The zero-order chi connectivity index (χ0) is 21.3. The molecule has 0 aliphatic carbocycles. The summed E-state index contributed by atoms with van der Waals surface area (Å²) in [6.45, 7) is 6.64. The van der Waals surface area contributed by atoms with E-state index in [9.17, 15) is 4.79 Å². The number of rotatable bonds is 8. The number of carbonyl (C=O) groups excluding carboxylic acids is 1. The molecule has 0 aliphatic heterocycles. The maximum absolute atomic E-state index is 11.5. The molecule has 0 saturated heterocycles. The van der Waals surface area contributed by atoms with Crippen molar-refractivity contribution in [3.63, 3.8) is 0 Å². The van der Waals surface area contributed by atoms with Crippen molar-refractivity contribution in [2.75, 3.05) is 6.61 Å². The largest absolute Gasteiger partial charge is 0.489 e. The van der Waals surface area contributed by atoms with Crippen molar-refractivity contribution in [3.05, 3.63) is 95.1 Å². The van der Waals surface area contributed by atoms with E-state index in [2.05, 4.69) is 0 Å². The zero-order valence-electron chi connectivity index (χ0n) is 17.6. The molecule has 3 rings (SSSR count). The van der Waals surface area contributed by atoms with E-state index in [4.69, 9.17) is 14.2 Å². The van der Waals surface area contributed by atoms with Gasteiger partial charge in [0.1, 0.15) is 23.9 Å². The van der Waals surface area contributed by atoms with E-state index < -0.39 is 0 Å². The molecular weight excluding hydrogens is 376 g/mol. The third kappa shape index (κ3) is 6.24. The molecule has 0 aromatic heterocycles. The number of aryl methyl sites for hydroxylation is 2. The zero-order valence-corrected chi connectivity index (χ0v) is 17.6. The first kappa shape index (κ1) is 21.2. The quantitative estimate of drug-likeness (QED) is 0.330. The Kier molecular flexibility index (Phi) is 7.28. The first-order valence-corrected chi connectivity index (χ1v) is 9.95. The molecule has 4 heteroatoms. The van der Waals surface area contributed by atoms with Crippen molar-refractivity contribution in [1.29, 1.82) is 0 Å². The van der Waals surface area contributed by atoms with Crippen LogP contribution in [0.4, 0.5) is 0 Å². The lowest BCUT2D eigenvalue weighted by Gasteiger charge is -2.12. The third-order valence-electron chi connectivity index (χ3n) is 4.44. The van der Waals surface area contributed by atoms with Crippen LogP contribution in [0.1, 0.15) is 29.2 Å². The monoisotopic (exact) mass is 402 g/mol. The van der Waals surface area contributed by atoms with Crippen molar-refractivity contribution in [1.82, 2.24) is 0 Å². The van der Waals surface area contributed by atoms with Crippen molar-refractivity contribution in [2.24, 2.45) is 0 Å². The fourth-order valence-electron chi connectivity index (χ4n) is 2.98. The molecule has 0 N–H and O–H groups in total. The molecule has 0 fully saturated rings. The molecule has 154 valence electrons. The summed E-state index contributed by atoms with van der Waals surface area (Å²) in [5.41, 5.74) is 4.11. The summed E-state index contributed by atoms with van der Waals surface area (Å²) in [6.07, 6.45) is 3.18. The lowest BCUT2D eigenvalue weighted by Crippen LogP contribution is -1.98. The van der Waals surface area contributed by atoms with Crippen LogP contribution < -0.4 is 9.47 Å². The summed E-state index contributed by atoms with van der Waals surface area (Å²) in [5.74, 6) is 1.85. The second kappa shape index (κ2) is 10.3. The topological polar surface area (TPSA) is 44.8 Å². The number of carbonyl (C=O) groups is 1. The molecular formula is C26H26O4. The van der Waals surface area contributed by atoms with Gasteiger partial charge in [-0.05, 0) is 73.4 Å². The van der Waals surface area contributed by atoms with Crippen molar-refractivity contribution >= 4 is 12.0 Å². The molecule has 0 aliphatic rings. The maximum atomic E-state index is 11.5. The van der Waals surface area contributed by atoms with E-state index in [0.29, 0.717) is 19.0 Å². The molecule has 4 nitrogen and oxygen atoms in total. The average molecular weight is 402 g/mol. The van der Waals surface area contributed by atoms with Crippen LogP contribution >= 0.6 is 0 Å². The van der Waals surface area contributed by atoms with Crippen LogP contribution in [-0.4, -0.2) is 12.6 Å². The maximum Gasteiger partial charge on any atom is 0.330 e. The van der Waals surface area contributed by atoms with E-state index in [-0.39, 0.29) is 5.97 Å². The van der Waals surface area contributed by atoms with Gasteiger partial charge in [-0.2, -0.15) is 0 Å². The molecule has 0 saturated carbocycles. The average Bonchev–Trinajstić information content (AvgIpc) is 2.72. The third-order valence-corrected chi connectivity index (χ3v) is 4.44. The molecule has 3 aromatic carbocycles. The van der Waals surface area contributed by atoms with Crippen LogP contribution in [0.2, 0.25) is 0 Å². The minimum atomic E-state index is -0.347. The lowest BCUT2D eigenvalue weighted by molar-refractivity contribution is -0.137. The highest BCUT2D eigenvalue weighted by molar-refractivity contribution is 5.87. The fourth-order valence-corrected chi connectivity index (χ4v) is 2.98. The molecule has 0 spiro atoms. The number of esters is 1. The molecule has 0 heterocycles. The summed E-state index contributed by atoms with van der Waals surface area (Å²) in [4.78, 5) is 11.5. The molecule has 3 aromatic rings. The summed E-state index contributed by atoms with van der Waals surface area (Å²) in [5, 5.41) is 0. The highest BCUT2D eigenvalue weighted by Crippen LogP contribution is 2.29. The molecule has 0 amide bonds. The van der Waals surface area contributed by atoms with Gasteiger partial charge in [-0.15, -0.1) is 0 Å². The van der Waals surface area contributed by atoms with E-state index in [1.165, 1.54) is 6.08 Å². The van der Waals surface area contributed by atoms with Gasteiger partial charge in [0.05, 0.1) is 6.61 Å². The minimum absolute atomic E-state index is 0.347. The van der Waals surface area contributed by atoms with Crippen molar-refractivity contribution in [3.8, 4) is 17.2 Å². The number of hydrogen-bond acceptors (Lipinski definition) is 4. The van der Waals surface area contributed by atoms with Crippen LogP contribution in [0.3, 0.4) is 0 Å². The Morgan fingerprint density at radius 2 is 1.67 bits per heavy atom. The Morgan fingerprint density at radius 3 is 2.40 bits per heavy atom. The van der Waals surface area contributed by atoms with Gasteiger partial charge in [0.2, 0.25) is 0 Å². The predicted octanol–water partition coefficient (Wildman–Crippen LogP) is 6.25. The van der Waals surface area contributed by atoms with Gasteiger partial charge in [-0.1, -0.05) is 36.4 Å². The second-order valence-corrected chi connectivity index (χ2v) is 6.96. The summed E-state index contributed by atoms with van der Waals surface area (Å²) in [6, 6.07) is 21.6. The Hall–Kier alpha value is -3.53. The highest BCUT2D eigenvalue weighted by Gasteiger charge is 2.05. The van der Waals surface area contributed by atoms with Crippen molar-refractivity contribution in [2.45, 2.75) is 27.4 Å². The van der Waals surface area contributed by atoms with Crippen LogP contribution in [0.15, 0.2) is 72.8 Å². The Balaban J connectivity index is 1.69. The normalized spacial score (nSPS) is 10.8. The van der Waals surface area contributed by atoms with E-state index in [1.807, 2.05) is 80.6 Å². The summed E-state index contributed by atoms with van der Waals surface area (Å²) in [7, 11) is 0. The Labute approximate surface area is 177 Å². The van der Waals surface area contributed by atoms with Gasteiger partial charge in [-0.3, -0.25) is 0 Å². The first-order chi connectivity index (χ1) is 14.5. The smallest absolute Gasteiger partial charge is 0.330 e. The minimum Gasteiger partial charge on any atom is -0.489 e. The van der Waals surface area contributed by atoms with Crippen LogP contribution in [0.5, 0.6) is 17.2 Å². The first-order valence-electron chi connectivity index (χ1n) is 9.95. The van der Waals surface area contributed by atoms with Gasteiger partial charge in [0.25, 0.3) is 0 Å². The van der Waals surface area contributed by atoms with Crippen LogP contribution in [-0.2, 0) is 16.1 Å². The van der Waals surface area contributed by atoms with Crippen molar-refractivity contribution < 1.29 is 19.0 Å². The number of hydrogen-bond donors (Lipinski definition) is 0. The van der Waals surface area contributed by atoms with E-state index >= 15 is 0 Å². The Morgan fingerprint density at radius 1 is 0.900 bits per heavy atom. The summed E-state index contributed by atoms with van der Waals surface area (Å²) < 4.78 is 16.9. The van der Waals surface area contributed by atoms with E-state index in [1.54, 1.807) is 13.0 Å². The molecule has 30 heavy (non-hydrogen) atoms. The number of ether oxygens (including phenoxy) is 3. The molecule has 0 radical (unpaired) electrons. The molecule has 0 unspecified atom stereocenters. The lowest BCUT2D eigenvalue weighted by atomic mass is 10.1. The van der Waals surface area contributed by atoms with Gasteiger partial charge in [0, 0.05) is 12.1 Å². The van der Waals surface area contributed by atoms with Gasteiger partial charge in [0.15, 0.2) is 0 Å². The standard InChI is InChI=1S/C26H26O4/c1-4-28-26(27)13-11-22-10-12-23(16-20(22)3)30-25-15-19(2)14-24(17-25)29-18-21-8-6-5-7-9-21/h5-17H,4,18H2,1-3H3/b13-11+. The van der Waals surface area contributed by atoms with Gasteiger partial charge < -0.3 is 14.2 Å². The SMILES string of the molecule is CCOC(=O)/C=C/c1ccc(Oc2cc(C)cc(OCc3ccccc3)c2)cc1C. The predicted molar refractivity (Wildman–Crippen MR) is 119 cm³/mol. The number of benzene rings is 3. The Bertz CT molecular complexity index is 1020. The van der Waals surface area contributed by atoms with Gasteiger partial charge in [-0.25, -0.2) is 4.79 Å². The molecule has 0 bridgehead atoms. The van der Waals surface area contributed by atoms with Crippen LogP contribution in [0.25, 0.3) is 6.08 Å². The second-order valence-electron chi connectivity index (χ2n) is 6.96. The summed E-state index contributed by atoms with van der Waals surface area (Å²) >= 11 is 0. The highest BCUT2D eigenvalue weighted by atomic mass is 16.5. The molecule has 0 atom stereocenters. The van der Waals surface area contributed by atoms with Crippen LogP contribution in [0, 0.1) is 13.8 Å². The van der Waals surface area contributed by atoms with Gasteiger partial charge >= 0.3 is 5.97 Å².